The van der Waals surface area contributed by atoms with Crippen molar-refractivity contribution in [2.45, 2.75) is 43.2 Å². The summed E-state index contributed by atoms with van der Waals surface area (Å²) in [6, 6.07) is 0. The summed E-state index contributed by atoms with van der Waals surface area (Å²) in [6.45, 7) is 0. The molecule has 78 valence electrons. The zero-order valence-corrected chi connectivity index (χ0v) is 8.18. The van der Waals surface area contributed by atoms with Gasteiger partial charge in [0.25, 0.3) is 0 Å². The third-order valence-electron chi connectivity index (χ3n) is 2.47. The highest BCUT2D eigenvalue weighted by Crippen LogP contribution is 2.35. The summed E-state index contributed by atoms with van der Waals surface area (Å²) in [4.78, 5) is 0. The number of thioether (sulfide) groups is 1. The first kappa shape index (κ1) is 11.2. The normalized spacial score (nSPS) is 22.2. The van der Waals surface area contributed by atoms with Crippen LogP contribution in [0.3, 0.4) is 0 Å². The van der Waals surface area contributed by atoms with Crippen LogP contribution in [0, 0.1) is 0 Å². The number of hydrogen-bond acceptors (Lipinski definition) is 2. The Bertz CT molecular complexity index is 163. The van der Waals surface area contributed by atoms with Gasteiger partial charge in [-0.1, -0.05) is 24.6 Å². The van der Waals surface area contributed by atoms with E-state index in [-0.39, 0.29) is 23.1 Å². The van der Waals surface area contributed by atoms with E-state index >= 15 is 0 Å². The van der Waals surface area contributed by atoms with Crippen LogP contribution < -0.4 is 5.73 Å². The van der Waals surface area contributed by atoms with Crippen LogP contribution in [0.1, 0.15) is 32.1 Å². The first-order valence-corrected chi connectivity index (χ1v) is 5.39. The second-order valence-electron chi connectivity index (χ2n) is 3.61. The van der Waals surface area contributed by atoms with Crippen LogP contribution in [0.2, 0.25) is 0 Å². The van der Waals surface area contributed by atoms with Crippen LogP contribution in [0.4, 0.5) is 13.2 Å². The molecule has 0 aromatic rings. The Morgan fingerprint density at radius 1 is 1.23 bits per heavy atom. The van der Waals surface area contributed by atoms with E-state index in [2.05, 4.69) is 0 Å². The van der Waals surface area contributed by atoms with Gasteiger partial charge in [0.1, 0.15) is 0 Å². The number of halogens is 3. The summed E-state index contributed by atoms with van der Waals surface area (Å²) >= 11 is 0.0390. The fraction of sp³-hybridized carbons (Fsp3) is 1.00. The molecular weight excluding hydrogens is 199 g/mol. The van der Waals surface area contributed by atoms with Crippen molar-refractivity contribution < 1.29 is 13.2 Å². The molecule has 5 heteroatoms. The summed E-state index contributed by atoms with van der Waals surface area (Å²) < 4.78 is 35.3. The predicted octanol–water partition coefficient (Wildman–Crippen LogP) is 2.90. The van der Waals surface area contributed by atoms with Crippen molar-refractivity contribution in [1.29, 1.82) is 0 Å². The standard InChI is InChI=1S/C8H14F3NS/c9-8(10,11)13-6-5-7(12)3-1-2-4-7/h1-6,12H2. The van der Waals surface area contributed by atoms with Crippen molar-refractivity contribution in [3.05, 3.63) is 0 Å². The highest BCUT2D eigenvalue weighted by atomic mass is 32.2. The molecule has 1 saturated carbocycles. The molecule has 0 saturated heterocycles. The summed E-state index contributed by atoms with van der Waals surface area (Å²) in [5, 5.41) is 0. The monoisotopic (exact) mass is 213 g/mol. The summed E-state index contributed by atoms with van der Waals surface area (Å²) in [6.07, 6.45) is 4.37. The van der Waals surface area contributed by atoms with E-state index in [9.17, 15) is 13.2 Å². The van der Waals surface area contributed by atoms with Crippen LogP contribution in [0.5, 0.6) is 0 Å². The zero-order chi connectivity index (χ0) is 9.95. The molecule has 1 fully saturated rings. The Morgan fingerprint density at radius 2 is 1.77 bits per heavy atom. The van der Waals surface area contributed by atoms with Gasteiger partial charge in [0.05, 0.1) is 0 Å². The van der Waals surface area contributed by atoms with Crippen molar-refractivity contribution in [2.24, 2.45) is 5.73 Å². The molecule has 1 aliphatic carbocycles. The maximum Gasteiger partial charge on any atom is 0.441 e. The lowest BCUT2D eigenvalue weighted by Gasteiger charge is -2.23. The lowest BCUT2D eigenvalue weighted by Crippen LogP contribution is -2.37. The molecule has 1 nitrogen and oxygen atoms in total. The molecule has 1 aliphatic rings. The van der Waals surface area contributed by atoms with Gasteiger partial charge in [-0.3, -0.25) is 0 Å². The Morgan fingerprint density at radius 3 is 2.23 bits per heavy atom. The van der Waals surface area contributed by atoms with E-state index < -0.39 is 5.51 Å². The molecule has 0 amide bonds. The molecule has 2 N–H and O–H groups in total. The molecule has 13 heavy (non-hydrogen) atoms. The average molecular weight is 213 g/mol. The lowest BCUT2D eigenvalue weighted by atomic mass is 9.96. The van der Waals surface area contributed by atoms with Crippen LogP contribution in [0.15, 0.2) is 0 Å². The van der Waals surface area contributed by atoms with Gasteiger partial charge in [0, 0.05) is 11.3 Å². The molecular formula is C8H14F3NS. The van der Waals surface area contributed by atoms with Gasteiger partial charge in [-0.05, 0) is 19.3 Å². The molecule has 0 atom stereocenters. The van der Waals surface area contributed by atoms with Crippen LogP contribution in [-0.2, 0) is 0 Å². The minimum absolute atomic E-state index is 0.0390. The van der Waals surface area contributed by atoms with Gasteiger partial charge in [0.15, 0.2) is 0 Å². The Hall–Kier alpha value is 0.100. The molecule has 0 bridgehead atoms. The fourth-order valence-corrected chi connectivity index (χ4v) is 2.44. The van der Waals surface area contributed by atoms with E-state index in [0.29, 0.717) is 6.42 Å². The molecule has 0 aliphatic heterocycles. The molecule has 0 unspecified atom stereocenters. The van der Waals surface area contributed by atoms with Gasteiger partial charge in [-0.25, -0.2) is 0 Å². The Balaban J connectivity index is 2.18. The molecule has 0 aromatic heterocycles. The maximum atomic E-state index is 11.8. The van der Waals surface area contributed by atoms with E-state index in [1.165, 1.54) is 0 Å². The smallest absolute Gasteiger partial charge is 0.325 e. The average Bonchev–Trinajstić information content (AvgIpc) is 2.33. The maximum absolute atomic E-state index is 11.8. The SMILES string of the molecule is NC1(CCSC(F)(F)F)CCCC1. The second kappa shape index (κ2) is 4.09. The van der Waals surface area contributed by atoms with Gasteiger partial charge >= 0.3 is 5.51 Å². The van der Waals surface area contributed by atoms with Crippen LogP contribution >= 0.6 is 11.8 Å². The molecule has 0 heterocycles. The van der Waals surface area contributed by atoms with E-state index in [1.54, 1.807) is 0 Å². The van der Waals surface area contributed by atoms with Crippen molar-refractivity contribution in [3.63, 3.8) is 0 Å². The zero-order valence-electron chi connectivity index (χ0n) is 7.36. The molecule has 0 spiro atoms. The highest BCUT2D eigenvalue weighted by molar-refractivity contribution is 8.00. The quantitative estimate of drug-likeness (QED) is 0.780. The first-order valence-electron chi connectivity index (χ1n) is 4.41. The third-order valence-corrected chi connectivity index (χ3v) is 3.20. The van der Waals surface area contributed by atoms with Gasteiger partial charge in [-0.15, -0.1) is 0 Å². The largest absolute Gasteiger partial charge is 0.441 e. The summed E-state index contributed by atoms with van der Waals surface area (Å²) in [5.41, 5.74) is 1.50. The lowest BCUT2D eigenvalue weighted by molar-refractivity contribution is -0.0328. The highest BCUT2D eigenvalue weighted by Gasteiger charge is 2.32. The first-order chi connectivity index (χ1) is 5.91. The van der Waals surface area contributed by atoms with Gasteiger partial charge < -0.3 is 5.73 Å². The molecule has 0 radical (unpaired) electrons. The van der Waals surface area contributed by atoms with E-state index in [0.717, 1.165) is 25.7 Å². The number of hydrogen-bond donors (Lipinski definition) is 1. The van der Waals surface area contributed by atoms with E-state index in [1.807, 2.05) is 0 Å². The van der Waals surface area contributed by atoms with Crippen molar-refractivity contribution in [1.82, 2.24) is 0 Å². The topological polar surface area (TPSA) is 26.0 Å². The number of nitrogens with two attached hydrogens (primary N) is 1. The summed E-state index contributed by atoms with van der Waals surface area (Å²) in [5.74, 6) is 0.0972. The van der Waals surface area contributed by atoms with Gasteiger partial charge in [0.2, 0.25) is 0 Å². The van der Waals surface area contributed by atoms with Crippen molar-refractivity contribution in [3.8, 4) is 0 Å². The Kier molecular flexibility index (Phi) is 3.51. The fourth-order valence-electron chi connectivity index (χ4n) is 1.70. The van der Waals surface area contributed by atoms with Crippen molar-refractivity contribution in [2.75, 3.05) is 5.75 Å². The van der Waals surface area contributed by atoms with Crippen LogP contribution in [-0.4, -0.2) is 16.8 Å². The van der Waals surface area contributed by atoms with Crippen molar-refractivity contribution >= 4 is 11.8 Å². The predicted molar refractivity (Wildman–Crippen MR) is 48.5 cm³/mol. The third kappa shape index (κ3) is 4.22. The molecule has 1 rings (SSSR count). The minimum Gasteiger partial charge on any atom is -0.325 e. The second-order valence-corrected chi connectivity index (χ2v) is 4.77. The van der Waals surface area contributed by atoms with Gasteiger partial charge in [-0.2, -0.15) is 13.2 Å². The van der Waals surface area contributed by atoms with Crippen LogP contribution in [0.25, 0.3) is 0 Å². The number of alkyl halides is 3. The number of rotatable bonds is 3. The Labute approximate surface area is 80.2 Å². The van der Waals surface area contributed by atoms with E-state index in [4.69, 9.17) is 5.73 Å². The summed E-state index contributed by atoms with van der Waals surface area (Å²) in [7, 11) is 0. The molecule has 0 aromatic carbocycles. The minimum atomic E-state index is -4.10.